The first-order valence-electron chi connectivity index (χ1n) is 6.67. The van der Waals surface area contributed by atoms with Crippen LogP contribution in [0.25, 0.3) is 0 Å². The highest BCUT2D eigenvalue weighted by Crippen LogP contribution is 2.31. The monoisotopic (exact) mass is 296 g/mol. The van der Waals surface area contributed by atoms with Gasteiger partial charge in [-0.15, -0.1) is 8.78 Å². The molecule has 0 amide bonds. The van der Waals surface area contributed by atoms with Crippen molar-refractivity contribution in [3.05, 3.63) is 30.3 Å². The molecule has 1 nitrogen and oxygen atoms in total. The van der Waals surface area contributed by atoms with Gasteiger partial charge >= 0.3 is 12.2 Å². The van der Waals surface area contributed by atoms with E-state index in [1.54, 1.807) is 6.07 Å². The van der Waals surface area contributed by atoms with E-state index in [4.69, 9.17) is 0 Å². The molecule has 1 aromatic rings. The van der Waals surface area contributed by atoms with Crippen molar-refractivity contribution in [1.29, 1.82) is 0 Å². The molecule has 1 unspecified atom stereocenters. The summed E-state index contributed by atoms with van der Waals surface area (Å²) in [6, 6.07) is 2.34. The summed E-state index contributed by atoms with van der Waals surface area (Å²) >= 11 is 0. The molecule has 114 valence electrons. The molecule has 0 bridgehead atoms. The zero-order valence-electron chi connectivity index (χ0n) is 11.3. The van der Waals surface area contributed by atoms with Gasteiger partial charge in [-0.05, 0) is 25.0 Å². The summed E-state index contributed by atoms with van der Waals surface area (Å²) in [5.74, 6) is 0. The van der Waals surface area contributed by atoms with Crippen LogP contribution < -0.4 is 4.90 Å². The summed E-state index contributed by atoms with van der Waals surface area (Å²) in [5, 5.41) is 0. The molecular weight excluding hydrogens is 277 g/mol. The van der Waals surface area contributed by atoms with Crippen molar-refractivity contribution in [2.75, 3.05) is 6.54 Å². The summed E-state index contributed by atoms with van der Waals surface area (Å²) in [5.41, 5.74) is -0.0358. The van der Waals surface area contributed by atoms with Gasteiger partial charge in [-0.2, -0.15) is 13.2 Å². The zero-order valence-corrected chi connectivity index (χ0v) is 11.3. The minimum Gasteiger partial charge on any atom is -0.234 e. The summed E-state index contributed by atoms with van der Waals surface area (Å²) < 4.78 is 65.0. The Bertz CT molecular complexity index is 388. The van der Waals surface area contributed by atoms with Gasteiger partial charge in [0.25, 0.3) is 0 Å². The molecule has 1 rings (SSSR count). The van der Waals surface area contributed by atoms with Crippen molar-refractivity contribution in [2.24, 2.45) is 0 Å². The highest BCUT2D eigenvalue weighted by molar-refractivity contribution is 5.28. The van der Waals surface area contributed by atoms with Gasteiger partial charge in [-0.1, -0.05) is 38.0 Å². The van der Waals surface area contributed by atoms with E-state index in [0.29, 0.717) is 12.8 Å². The Morgan fingerprint density at radius 2 is 1.50 bits per heavy atom. The smallest absolute Gasteiger partial charge is 0.234 e. The largest absolute Gasteiger partial charge is 0.515 e. The van der Waals surface area contributed by atoms with Crippen LogP contribution in [-0.2, 0) is 0 Å². The van der Waals surface area contributed by atoms with Crippen molar-refractivity contribution in [1.82, 2.24) is 0 Å². The number of nitrogens with one attached hydrogen (secondary N) is 1. The lowest BCUT2D eigenvalue weighted by Crippen LogP contribution is -3.16. The molecule has 0 fully saturated rings. The number of rotatable bonds is 7. The average Bonchev–Trinajstić information content (AvgIpc) is 2.38. The normalized spacial score (nSPS) is 14.3. The van der Waals surface area contributed by atoms with Gasteiger partial charge in [0, 0.05) is 0 Å². The second-order valence-electron chi connectivity index (χ2n) is 4.73. The lowest BCUT2D eigenvalue weighted by atomic mass is 10.2. The lowest BCUT2D eigenvalue weighted by molar-refractivity contribution is -0.950. The number of hydrogen-bond donors (Lipinski definition) is 1. The Hall–Kier alpha value is -1.17. The molecule has 1 N–H and O–H groups in total. The van der Waals surface area contributed by atoms with E-state index in [1.165, 1.54) is 24.3 Å². The van der Waals surface area contributed by atoms with Gasteiger partial charge in [-0.3, -0.25) is 0 Å². The fourth-order valence-corrected chi connectivity index (χ4v) is 2.02. The van der Waals surface area contributed by atoms with Crippen molar-refractivity contribution in [3.63, 3.8) is 0 Å². The van der Waals surface area contributed by atoms with E-state index in [1.807, 2.05) is 6.92 Å². The predicted molar refractivity (Wildman–Crippen MR) is 67.1 cm³/mol. The third-order valence-electron chi connectivity index (χ3n) is 3.14. The second kappa shape index (κ2) is 7.02. The van der Waals surface area contributed by atoms with Crippen LogP contribution in [0, 0.1) is 0 Å². The van der Waals surface area contributed by atoms with Gasteiger partial charge in [0.2, 0.25) is 0 Å². The molecule has 0 radical (unpaired) electrons. The van der Waals surface area contributed by atoms with Crippen molar-refractivity contribution >= 4 is 5.69 Å². The van der Waals surface area contributed by atoms with Crippen LogP contribution in [-0.4, -0.2) is 18.8 Å². The molecule has 0 saturated carbocycles. The molecule has 0 heterocycles. The molecule has 0 aliphatic carbocycles. The van der Waals surface area contributed by atoms with Crippen LogP contribution >= 0.6 is 0 Å². The third kappa shape index (κ3) is 4.16. The number of quaternary nitrogens is 1. The summed E-state index contributed by atoms with van der Waals surface area (Å²) in [6.45, 7) is 1.71. The molecule has 0 aromatic heterocycles. The maximum atomic E-state index is 13.6. The number of unbranched alkanes of at least 4 members (excludes halogenated alkanes) is 3. The van der Waals surface area contributed by atoms with Gasteiger partial charge in [0.15, 0.2) is 0 Å². The van der Waals surface area contributed by atoms with E-state index >= 15 is 0 Å². The number of para-hydroxylation sites is 1. The van der Waals surface area contributed by atoms with E-state index in [9.17, 15) is 22.0 Å². The molecule has 0 spiro atoms. The summed E-state index contributed by atoms with van der Waals surface area (Å²) in [6.07, 6.45) is -2.83. The maximum Gasteiger partial charge on any atom is 0.515 e. The van der Waals surface area contributed by atoms with E-state index in [2.05, 4.69) is 0 Å². The number of halogens is 5. The number of hydrogen-bond acceptors (Lipinski definition) is 0. The van der Waals surface area contributed by atoms with Crippen LogP contribution in [0.3, 0.4) is 0 Å². The quantitative estimate of drug-likeness (QED) is 0.441. The Labute approximate surface area is 115 Å². The van der Waals surface area contributed by atoms with Crippen LogP contribution in [0.4, 0.5) is 27.6 Å². The molecule has 0 aliphatic rings. The van der Waals surface area contributed by atoms with Gasteiger partial charge < -0.3 is 0 Å². The van der Waals surface area contributed by atoms with Gasteiger partial charge in [-0.25, -0.2) is 4.90 Å². The highest BCUT2D eigenvalue weighted by atomic mass is 19.4. The number of benzene rings is 1. The predicted octanol–water partition coefficient (Wildman–Crippen LogP) is 3.94. The molecule has 0 aliphatic heterocycles. The van der Waals surface area contributed by atoms with Gasteiger partial charge in [0.1, 0.15) is 5.69 Å². The van der Waals surface area contributed by atoms with Crippen LogP contribution in [0.2, 0.25) is 0 Å². The Morgan fingerprint density at radius 1 is 0.900 bits per heavy atom. The maximum absolute atomic E-state index is 13.6. The fourth-order valence-electron chi connectivity index (χ4n) is 2.02. The Kier molecular flexibility index (Phi) is 5.92. The Balaban J connectivity index is 2.91. The topological polar surface area (TPSA) is 4.44 Å². The molecule has 6 heteroatoms. The summed E-state index contributed by atoms with van der Waals surface area (Å²) in [7, 11) is 0. The molecule has 20 heavy (non-hydrogen) atoms. The molecule has 1 aromatic carbocycles. The second-order valence-corrected chi connectivity index (χ2v) is 4.73. The lowest BCUT2D eigenvalue weighted by Gasteiger charge is -2.28. The molecule has 1 atom stereocenters. The first-order chi connectivity index (χ1) is 9.30. The van der Waals surface area contributed by atoms with Crippen molar-refractivity contribution in [2.45, 2.75) is 44.8 Å². The standard InChI is InChI=1S/C14H18F5N/c1-2-3-4-8-11-20(12-9-6-5-7-10-12)14(18,19)13(15,16)17/h5-7,9-10H,2-4,8,11H2,1H3/p+1. The van der Waals surface area contributed by atoms with Gasteiger partial charge in [0.05, 0.1) is 6.54 Å². The van der Waals surface area contributed by atoms with E-state index in [0.717, 1.165) is 12.8 Å². The van der Waals surface area contributed by atoms with Crippen molar-refractivity contribution in [3.8, 4) is 0 Å². The van der Waals surface area contributed by atoms with Crippen LogP contribution in [0.1, 0.15) is 32.6 Å². The van der Waals surface area contributed by atoms with Crippen LogP contribution in [0.15, 0.2) is 30.3 Å². The molecular formula is C14H19F5N+. The summed E-state index contributed by atoms with van der Waals surface area (Å²) in [4.78, 5) is -0.832. The average molecular weight is 296 g/mol. The third-order valence-corrected chi connectivity index (χ3v) is 3.14. The number of alkyl halides is 5. The van der Waals surface area contributed by atoms with Crippen LogP contribution in [0.5, 0.6) is 0 Å². The minimum atomic E-state index is -5.55. The highest BCUT2D eigenvalue weighted by Gasteiger charge is 2.66. The van der Waals surface area contributed by atoms with E-state index in [-0.39, 0.29) is 12.2 Å². The first kappa shape index (κ1) is 16.9. The van der Waals surface area contributed by atoms with E-state index < -0.39 is 17.1 Å². The van der Waals surface area contributed by atoms with Crippen molar-refractivity contribution < 1.29 is 26.9 Å². The SMILES string of the molecule is CCCCCC[NH+](c1ccccc1)C(F)(F)C(F)(F)F. The zero-order chi connectivity index (χ0) is 15.2. The minimum absolute atomic E-state index is 0.0358. The first-order valence-corrected chi connectivity index (χ1v) is 6.67. The Morgan fingerprint density at radius 3 is 2.00 bits per heavy atom. The molecule has 0 saturated heterocycles. The fraction of sp³-hybridized carbons (Fsp3) is 0.571.